The fourth-order valence-electron chi connectivity index (χ4n) is 2.38. The number of benzene rings is 1. The third kappa shape index (κ3) is 4.69. The monoisotopic (exact) mass is 391 g/mol. The number of imide groups is 1. The van der Waals surface area contributed by atoms with Gasteiger partial charge in [0, 0.05) is 25.1 Å². The number of rotatable bonds is 8. The zero-order chi connectivity index (χ0) is 20.1. The van der Waals surface area contributed by atoms with Gasteiger partial charge in [-0.3, -0.25) is 19.3 Å². The SMILES string of the molecule is O=C(CCCCCCN1C(=O)C=CC1=O)Oc1c(F)c(F)c(F)c(F)c1F. The molecule has 0 aliphatic carbocycles. The molecule has 2 amide bonds. The molecule has 10 heteroatoms. The highest BCUT2D eigenvalue weighted by atomic mass is 19.2. The van der Waals surface area contributed by atoms with Crippen LogP contribution in [0.15, 0.2) is 12.2 Å². The first-order valence-corrected chi connectivity index (χ1v) is 7.99. The molecule has 0 saturated heterocycles. The van der Waals surface area contributed by atoms with Crippen LogP contribution in [-0.4, -0.2) is 29.2 Å². The van der Waals surface area contributed by atoms with Crippen LogP contribution in [-0.2, 0) is 14.4 Å². The van der Waals surface area contributed by atoms with Gasteiger partial charge in [-0.1, -0.05) is 12.8 Å². The van der Waals surface area contributed by atoms with E-state index in [0.717, 1.165) is 17.1 Å². The number of ether oxygens (including phenoxy) is 1. The zero-order valence-corrected chi connectivity index (χ0v) is 13.9. The van der Waals surface area contributed by atoms with Gasteiger partial charge in [0.25, 0.3) is 11.8 Å². The van der Waals surface area contributed by atoms with E-state index < -0.39 is 52.6 Å². The van der Waals surface area contributed by atoms with Crippen molar-refractivity contribution in [3.8, 4) is 5.75 Å². The summed E-state index contributed by atoms with van der Waals surface area (Å²) in [5, 5.41) is 0. The first kappa shape index (κ1) is 20.5. The topological polar surface area (TPSA) is 63.7 Å². The molecule has 5 nitrogen and oxygen atoms in total. The van der Waals surface area contributed by atoms with Crippen LogP contribution < -0.4 is 4.74 Å². The molecule has 1 aromatic carbocycles. The van der Waals surface area contributed by atoms with Crippen molar-refractivity contribution in [2.45, 2.75) is 32.1 Å². The second kappa shape index (κ2) is 8.74. The number of esters is 1. The number of nitrogens with zero attached hydrogens (tertiary/aromatic N) is 1. The third-order valence-corrected chi connectivity index (χ3v) is 3.80. The van der Waals surface area contributed by atoms with E-state index in [-0.39, 0.29) is 19.4 Å². The number of hydrogen-bond acceptors (Lipinski definition) is 4. The van der Waals surface area contributed by atoms with Crippen LogP contribution in [0.5, 0.6) is 5.75 Å². The van der Waals surface area contributed by atoms with Gasteiger partial charge < -0.3 is 4.74 Å². The number of unbranched alkanes of at least 4 members (excludes halogenated alkanes) is 3. The molecule has 0 radical (unpaired) electrons. The van der Waals surface area contributed by atoms with Crippen LogP contribution in [0.3, 0.4) is 0 Å². The van der Waals surface area contributed by atoms with Gasteiger partial charge in [-0.15, -0.1) is 0 Å². The first-order valence-electron chi connectivity index (χ1n) is 7.99. The average Bonchev–Trinajstić information content (AvgIpc) is 2.96. The predicted molar refractivity (Wildman–Crippen MR) is 80.8 cm³/mol. The molecule has 0 bridgehead atoms. The fourth-order valence-corrected chi connectivity index (χ4v) is 2.38. The van der Waals surface area contributed by atoms with Gasteiger partial charge in [-0.05, 0) is 12.8 Å². The number of halogens is 5. The van der Waals surface area contributed by atoms with E-state index in [2.05, 4.69) is 4.74 Å². The van der Waals surface area contributed by atoms with Crippen LogP contribution in [0.25, 0.3) is 0 Å². The van der Waals surface area contributed by atoms with Gasteiger partial charge in [-0.2, -0.15) is 8.78 Å². The van der Waals surface area contributed by atoms with Crippen molar-refractivity contribution in [2.75, 3.05) is 6.54 Å². The molecule has 0 atom stereocenters. The van der Waals surface area contributed by atoms with Crippen LogP contribution in [0, 0.1) is 29.1 Å². The number of amides is 2. The van der Waals surface area contributed by atoms with Crippen LogP contribution in [0.4, 0.5) is 22.0 Å². The van der Waals surface area contributed by atoms with Gasteiger partial charge in [-0.25, -0.2) is 13.2 Å². The second-order valence-electron chi connectivity index (χ2n) is 5.70. The summed E-state index contributed by atoms with van der Waals surface area (Å²) in [4.78, 5) is 35.2. The maximum absolute atomic E-state index is 13.4. The first-order chi connectivity index (χ1) is 12.7. The van der Waals surface area contributed by atoms with E-state index >= 15 is 0 Å². The molecule has 0 fully saturated rings. The lowest BCUT2D eigenvalue weighted by Gasteiger charge is -2.13. The van der Waals surface area contributed by atoms with E-state index in [4.69, 9.17) is 0 Å². The van der Waals surface area contributed by atoms with Crippen LogP contribution in [0.1, 0.15) is 32.1 Å². The fraction of sp³-hybridized carbons (Fsp3) is 0.353. The lowest BCUT2D eigenvalue weighted by Crippen LogP contribution is -2.30. The molecule has 0 N–H and O–H groups in total. The minimum Gasteiger partial charge on any atom is -0.420 e. The Balaban J connectivity index is 1.74. The largest absolute Gasteiger partial charge is 0.420 e. The lowest BCUT2D eigenvalue weighted by molar-refractivity contribution is -0.137. The minimum atomic E-state index is -2.34. The minimum absolute atomic E-state index is 0.222. The standard InChI is InChI=1S/C17H14F5NO4/c18-12-13(19)15(21)17(16(22)14(12)20)27-11(26)5-3-1-2-4-8-23-9(24)6-7-10(23)25/h6-7H,1-5,8H2. The summed E-state index contributed by atoms with van der Waals surface area (Å²) in [6, 6.07) is 0. The molecule has 0 saturated carbocycles. The second-order valence-corrected chi connectivity index (χ2v) is 5.70. The molecular formula is C17H14F5NO4. The Morgan fingerprint density at radius 1 is 0.778 bits per heavy atom. The molecule has 1 heterocycles. The number of hydrogen-bond donors (Lipinski definition) is 0. The van der Waals surface area contributed by atoms with E-state index in [9.17, 15) is 36.3 Å². The van der Waals surface area contributed by atoms with Gasteiger partial charge >= 0.3 is 5.97 Å². The summed E-state index contributed by atoms with van der Waals surface area (Å²) < 4.78 is 70.0. The Morgan fingerprint density at radius 3 is 1.81 bits per heavy atom. The van der Waals surface area contributed by atoms with Gasteiger partial charge in [0.1, 0.15) is 0 Å². The Morgan fingerprint density at radius 2 is 1.26 bits per heavy atom. The number of carbonyl (C=O) groups excluding carboxylic acids is 3. The maximum Gasteiger partial charge on any atom is 0.311 e. The molecule has 2 rings (SSSR count). The van der Waals surface area contributed by atoms with Crippen molar-refractivity contribution >= 4 is 17.8 Å². The average molecular weight is 391 g/mol. The Hall–Kier alpha value is -2.78. The van der Waals surface area contributed by atoms with E-state index in [1.807, 2.05) is 0 Å². The van der Waals surface area contributed by atoms with Crippen molar-refractivity contribution in [2.24, 2.45) is 0 Å². The molecule has 1 aromatic rings. The summed E-state index contributed by atoms with van der Waals surface area (Å²) in [7, 11) is 0. The number of carbonyl (C=O) groups is 3. The molecular weight excluding hydrogens is 377 g/mol. The molecule has 0 aromatic heterocycles. The molecule has 1 aliphatic heterocycles. The van der Waals surface area contributed by atoms with Crippen molar-refractivity contribution in [1.29, 1.82) is 0 Å². The van der Waals surface area contributed by atoms with Crippen molar-refractivity contribution in [1.82, 2.24) is 4.90 Å². The molecule has 0 unspecified atom stereocenters. The molecule has 1 aliphatic rings. The third-order valence-electron chi connectivity index (χ3n) is 3.80. The smallest absolute Gasteiger partial charge is 0.311 e. The van der Waals surface area contributed by atoms with E-state index in [1.165, 1.54) is 0 Å². The summed E-state index contributed by atoms with van der Waals surface area (Å²) in [6.45, 7) is 0.222. The van der Waals surface area contributed by atoms with Gasteiger partial charge in [0.15, 0.2) is 0 Å². The highest BCUT2D eigenvalue weighted by molar-refractivity contribution is 6.12. The van der Waals surface area contributed by atoms with Crippen LogP contribution >= 0.6 is 0 Å². The van der Waals surface area contributed by atoms with E-state index in [0.29, 0.717) is 19.3 Å². The van der Waals surface area contributed by atoms with Crippen molar-refractivity contribution < 1.29 is 41.1 Å². The maximum atomic E-state index is 13.4. The quantitative estimate of drug-likeness (QED) is 0.130. The summed E-state index contributed by atoms with van der Waals surface area (Å²) >= 11 is 0. The zero-order valence-electron chi connectivity index (χ0n) is 13.9. The molecule has 146 valence electrons. The highest BCUT2D eigenvalue weighted by Gasteiger charge is 2.28. The summed E-state index contributed by atoms with van der Waals surface area (Å²) in [6.07, 6.45) is 3.76. The predicted octanol–water partition coefficient (Wildman–Crippen LogP) is 3.16. The van der Waals surface area contributed by atoms with Crippen molar-refractivity contribution in [3.05, 3.63) is 41.2 Å². The van der Waals surface area contributed by atoms with E-state index in [1.54, 1.807) is 0 Å². The normalized spacial score (nSPS) is 13.6. The highest BCUT2D eigenvalue weighted by Crippen LogP contribution is 2.29. The Kier molecular flexibility index (Phi) is 6.65. The Bertz CT molecular complexity index is 762. The van der Waals surface area contributed by atoms with Crippen LogP contribution in [0.2, 0.25) is 0 Å². The van der Waals surface area contributed by atoms with Gasteiger partial charge in [0.2, 0.25) is 34.8 Å². The Labute approximate surface area is 150 Å². The summed E-state index contributed by atoms with van der Waals surface area (Å²) in [5.74, 6) is -14.7. The lowest BCUT2D eigenvalue weighted by atomic mass is 10.1. The molecule has 27 heavy (non-hydrogen) atoms. The van der Waals surface area contributed by atoms with Gasteiger partial charge in [0.05, 0.1) is 0 Å². The van der Waals surface area contributed by atoms with Crippen molar-refractivity contribution in [3.63, 3.8) is 0 Å². The summed E-state index contributed by atoms with van der Waals surface area (Å²) in [5.41, 5.74) is 0. The molecule has 0 spiro atoms.